The number of anilines is 3. The minimum absolute atomic E-state index is 0.153. The number of hydrogen-bond acceptors (Lipinski definition) is 11. The number of carbonyl (C=O) groups excluding carboxylic acids is 1. The molecule has 0 radical (unpaired) electrons. The van der Waals surface area contributed by atoms with Gasteiger partial charge in [-0.1, -0.05) is 18.2 Å². The van der Waals surface area contributed by atoms with Crippen LogP contribution >= 0.6 is 0 Å². The Bertz CT molecular complexity index is 1540. The molecule has 2 heterocycles. The summed E-state index contributed by atoms with van der Waals surface area (Å²) in [6.45, 7) is 7.47. The molecule has 1 atom stereocenters. The first-order valence-electron chi connectivity index (χ1n) is 12.8. The standard InChI is InChI=1S/C29H33N7O4/c1-7-39-28(37)20-15-32-29(33-18(4)24(16(2)30)17(3)31-5)36-26(20)34-22-13-10-11-19(25(22)38-6)27-35-21-12-8-9-14-23(21)40-27/h8-15,18,30-31H,7H2,1-6H3,(H2,32,33,34,36)/b24-17+,30-16?. The zero-order chi connectivity index (χ0) is 28.8. The van der Waals surface area contributed by atoms with Gasteiger partial charge < -0.3 is 35.3 Å². The van der Waals surface area contributed by atoms with E-state index in [1.807, 2.05) is 50.2 Å². The molecule has 11 heteroatoms. The number of oxazole rings is 1. The van der Waals surface area contributed by atoms with Gasteiger partial charge in [-0.2, -0.15) is 4.98 Å². The van der Waals surface area contributed by atoms with E-state index in [9.17, 15) is 4.79 Å². The van der Waals surface area contributed by atoms with Crippen molar-refractivity contribution in [2.45, 2.75) is 33.7 Å². The lowest BCUT2D eigenvalue weighted by molar-refractivity contribution is 0.0526. The minimum atomic E-state index is -0.569. The largest absolute Gasteiger partial charge is 0.494 e. The van der Waals surface area contributed by atoms with Gasteiger partial charge in [0, 0.05) is 30.2 Å². The average Bonchev–Trinajstić information content (AvgIpc) is 3.37. The molecule has 4 N–H and O–H groups in total. The smallest absolute Gasteiger partial charge is 0.343 e. The van der Waals surface area contributed by atoms with Crippen molar-refractivity contribution >= 4 is 40.2 Å². The number of nitrogens with zero attached hydrogens (tertiary/aromatic N) is 3. The number of nitrogens with one attached hydrogen (secondary N) is 4. The first-order valence-corrected chi connectivity index (χ1v) is 12.8. The average molecular weight is 544 g/mol. The SMILES string of the molecule is CCOC(=O)c1cnc(NC(C)/C(C(C)=N)=C(\C)NC)nc1Nc1cccc(-c2nc3ccccc3o2)c1OC. The summed E-state index contributed by atoms with van der Waals surface area (Å²) < 4.78 is 17.0. The van der Waals surface area contributed by atoms with Gasteiger partial charge in [-0.25, -0.2) is 14.8 Å². The molecule has 0 amide bonds. The topological polar surface area (TPSA) is 147 Å². The van der Waals surface area contributed by atoms with E-state index in [1.54, 1.807) is 34.1 Å². The Morgan fingerprint density at radius 1 is 1.12 bits per heavy atom. The van der Waals surface area contributed by atoms with Gasteiger partial charge in [0.05, 0.1) is 31.0 Å². The highest BCUT2D eigenvalue weighted by atomic mass is 16.5. The Kier molecular flexibility index (Phi) is 8.63. The summed E-state index contributed by atoms with van der Waals surface area (Å²) in [4.78, 5) is 26.4. The molecule has 2 aromatic carbocycles. The Hall–Kier alpha value is -4.93. The van der Waals surface area contributed by atoms with Gasteiger partial charge in [-0.3, -0.25) is 0 Å². The van der Waals surface area contributed by atoms with Gasteiger partial charge in [-0.05, 0) is 52.0 Å². The molecule has 0 bridgehead atoms. The third-order valence-corrected chi connectivity index (χ3v) is 6.24. The van der Waals surface area contributed by atoms with Gasteiger partial charge in [0.1, 0.15) is 11.1 Å². The summed E-state index contributed by atoms with van der Waals surface area (Å²) in [5.41, 5.74) is 4.75. The Labute approximate surface area is 232 Å². The maximum absolute atomic E-state index is 12.8. The molecule has 11 nitrogen and oxygen atoms in total. The van der Waals surface area contributed by atoms with Crippen LogP contribution in [0.3, 0.4) is 0 Å². The van der Waals surface area contributed by atoms with E-state index in [1.165, 1.54) is 6.20 Å². The fourth-order valence-corrected chi connectivity index (χ4v) is 4.37. The van der Waals surface area contributed by atoms with Crippen molar-refractivity contribution in [3.8, 4) is 17.2 Å². The first-order chi connectivity index (χ1) is 19.3. The maximum atomic E-state index is 12.8. The maximum Gasteiger partial charge on any atom is 0.343 e. The van der Waals surface area contributed by atoms with Gasteiger partial charge in [-0.15, -0.1) is 0 Å². The highest BCUT2D eigenvalue weighted by Gasteiger charge is 2.22. The minimum Gasteiger partial charge on any atom is -0.494 e. The Morgan fingerprint density at radius 3 is 2.58 bits per heavy atom. The fourth-order valence-electron chi connectivity index (χ4n) is 4.37. The normalized spacial score (nSPS) is 12.3. The van der Waals surface area contributed by atoms with Crippen LogP contribution in [0, 0.1) is 5.41 Å². The summed E-state index contributed by atoms with van der Waals surface area (Å²) in [5, 5.41) is 17.8. The van der Waals surface area contributed by atoms with Crippen LogP contribution in [0.15, 0.2) is 64.3 Å². The van der Waals surface area contributed by atoms with Crippen molar-refractivity contribution < 1.29 is 18.7 Å². The predicted molar refractivity (Wildman–Crippen MR) is 156 cm³/mol. The molecule has 0 saturated heterocycles. The molecule has 0 fully saturated rings. The summed E-state index contributed by atoms with van der Waals surface area (Å²) in [6, 6.07) is 12.7. The summed E-state index contributed by atoms with van der Waals surface area (Å²) >= 11 is 0. The van der Waals surface area contributed by atoms with Crippen LogP contribution < -0.4 is 20.7 Å². The van der Waals surface area contributed by atoms with Gasteiger partial charge in [0.15, 0.2) is 17.2 Å². The van der Waals surface area contributed by atoms with E-state index in [2.05, 4.69) is 30.9 Å². The van der Waals surface area contributed by atoms with Crippen LogP contribution in [-0.2, 0) is 4.74 Å². The lowest BCUT2D eigenvalue weighted by Crippen LogP contribution is -2.27. The van der Waals surface area contributed by atoms with Crippen LogP contribution in [0.1, 0.15) is 38.1 Å². The highest BCUT2D eigenvalue weighted by molar-refractivity contribution is 5.98. The molecular weight excluding hydrogens is 510 g/mol. The highest BCUT2D eigenvalue weighted by Crippen LogP contribution is 2.38. The van der Waals surface area contributed by atoms with Crippen LogP contribution in [-0.4, -0.2) is 53.4 Å². The second kappa shape index (κ2) is 12.3. The zero-order valence-corrected chi connectivity index (χ0v) is 23.4. The number of aromatic nitrogens is 3. The number of hydrogen-bond donors (Lipinski definition) is 4. The van der Waals surface area contributed by atoms with Crippen molar-refractivity contribution in [1.82, 2.24) is 20.3 Å². The molecule has 4 rings (SSSR count). The number of allylic oxidation sites excluding steroid dienone is 1. The molecular formula is C29H33N7O4. The van der Waals surface area contributed by atoms with Crippen molar-refractivity contribution in [2.24, 2.45) is 0 Å². The first kappa shape index (κ1) is 28.1. The molecule has 1 unspecified atom stereocenters. The number of ether oxygens (including phenoxy) is 2. The Balaban J connectivity index is 1.74. The van der Waals surface area contributed by atoms with E-state index in [-0.39, 0.29) is 30.0 Å². The van der Waals surface area contributed by atoms with E-state index >= 15 is 0 Å². The van der Waals surface area contributed by atoms with Crippen molar-refractivity contribution in [3.63, 3.8) is 0 Å². The number of methoxy groups -OCH3 is 1. The fraction of sp³-hybridized carbons (Fsp3) is 0.276. The van der Waals surface area contributed by atoms with Crippen LogP contribution in [0.5, 0.6) is 5.75 Å². The van der Waals surface area contributed by atoms with Crippen molar-refractivity contribution in [3.05, 3.63) is 65.5 Å². The predicted octanol–water partition coefficient (Wildman–Crippen LogP) is 5.55. The summed E-state index contributed by atoms with van der Waals surface area (Å²) in [7, 11) is 3.35. The van der Waals surface area contributed by atoms with Crippen LogP contribution in [0.25, 0.3) is 22.6 Å². The van der Waals surface area contributed by atoms with Crippen molar-refractivity contribution in [2.75, 3.05) is 31.4 Å². The number of fused-ring (bicyclic) bond motifs is 1. The second-order valence-corrected chi connectivity index (χ2v) is 8.95. The quantitative estimate of drug-likeness (QED) is 0.140. The summed E-state index contributed by atoms with van der Waals surface area (Å²) in [5.74, 6) is 0.770. The zero-order valence-electron chi connectivity index (χ0n) is 23.4. The molecule has 0 saturated carbocycles. The van der Waals surface area contributed by atoms with Gasteiger partial charge in [0.2, 0.25) is 11.8 Å². The van der Waals surface area contributed by atoms with E-state index < -0.39 is 5.97 Å². The second-order valence-electron chi connectivity index (χ2n) is 8.95. The monoisotopic (exact) mass is 543 g/mol. The number of esters is 1. The van der Waals surface area contributed by atoms with Gasteiger partial charge >= 0.3 is 5.97 Å². The van der Waals surface area contributed by atoms with Crippen LogP contribution in [0.4, 0.5) is 17.5 Å². The lowest BCUT2D eigenvalue weighted by Gasteiger charge is -2.21. The number of carbonyl (C=O) groups is 1. The lowest BCUT2D eigenvalue weighted by atomic mass is 10.0. The molecule has 4 aromatic rings. The molecule has 0 aliphatic carbocycles. The number of rotatable bonds is 11. The molecule has 2 aromatic heterocycles. The molecule has 40 heavy (non-hydrogen) atoms. The number of benzene rings is 2. The third-order valence-electron chi connectivity index (χ3n) is 6.24. The van der Waals surface area contributed by atoms with Crippen molar-refractivity contribution in [1.29, 1.82) is 5.41 Å². The third kappa shape index (κ3) is 5.88. The van der Waals surface area contributed by atoms with E-state index in [4.69, 9.17) is 19.3 Å². The van der Waals surface area contributed by atoms with Crippen LogP contribution in [0.2, 0.25) is 0 Å². The number of para-hydroxylation sites is 3. The molecule has 0 aliphatic rings. The van der Waals surface area contributed by atoms with E-state index in [0.717, 1.165) is 16.8 Å². The molecule has 0 spiro atoms. The molecule has 0 aliphatic heterocycles. The molecule has 208 valence electrons. The Morgan fingerprint density at radius 2 is 1.90 bits per heavy atom. The van der Waals surface area contributed by atoms with E-state index in [0.29, 0.717) is 34.2 Å². The van der Waals surface area contributed by atoms with Gasteiger partial charge in [0.25, 0.3) is 0 Å². The summed E-state index contributed by atoms with van der Waals surface area (Å²) in [6.07, 6.45) is 1.41.